The van der Waals surface area contributed by atoms with Gasteiger partial charge in [-0.05, 0) is 84.6 Å². The van der Waals surface area contributed by atoms with Crippen LogP contribution in [0.1, 0.15) is 48.2 Å². The molecule has 1 unspecified atom stereocenters. The Hall–Kier alpha value is -4.33. The molecule has 4 aromatic carbocycles. The molecule has 4 aromatic rings. The maximum Gasteiger partial charge on any atom is 0.272 e. The van der Waals surface area contributed by atoms with Crippen molar-refractivity contribution in [1.29, 1.82) is 0 Å². The molecule has 42 heavy (non-hydrogen) atoms. The van der Waals surface area contributed by atoms with Crippen molar-refractivity contribution in [2.45, 2.75) is 36.8 Å². The molecule has 8 heteroatoms. The Morgan fingerprint density at radius 2 is 1.45 bits per heavy atom. The van der Waals surface area contributed by atoms with Gasteiger partial charge in [-0.1, -0.05) is 74.0 Å². The third kappa shape index (κ3) is 8.83. The third-order valence-electron chi connectivity index (χ3n) is 6.33. The molecule has 0 fully saturated rings. The van der Waals surface area contributed by atoms with Crippen molar-refractivity contribution in [3.63, 3.8) is 0 Å². The van der Waals surface area contributed by atoms with Crippen LogP contribution in [0.15, 0.2) is 114 Å². The van der Waals surface area contributed by atoms with Crippen LogP contribution in [0.2, 0.25) is 5.02 Å². The van der Waals surface area contributed by atoms with Gasteiger partial charge in [0, 0.05) is 26.9 Å². The molecular formula is C34H32ClN3O3S. The topological polar surface area (TPSA) is 87.3 Å². The molecule has 3 N–H and O–H groups in total. The molecule has 0 bridgehead atoms. The smallest absolute Gasteiger partial charge is 0.272 e. The number of hydrogen-bond donors (Lipinski definition) is 3. The molecule has 0 radical (unpaired) electrons. The average Bonchev–Trinajstić information content (AvgIpc) is 2.98. The van der Waals surface area contributed by atoms with E-state index in [1.54, 1.807) is 72.8 Å². The predicted octanol–water partition coefficient (Wildman–Crippen LogP) is 7.99. The van der Waals surface area contributed by atoms with Crippen molar-refractivity contribution in [2.24, 2.45) is 0 Å². The highest BCUT2D eigenvalue weighted by Gasteiger charge is 2.17. The lowest BCUT2D eigenvalue weighted by molar-refractivity contribution is -0.115. The van der Waals surface area contributed by atoms with Crippen LogP contribution in [-0.4, -0.2) is 23.0 Å². The minimum absolute atomic E-state index is 0.0699. The summed E-state index contributed by atoms with van der Waals surface area (Å²) in [6, 6.07) is 30.7. The van der Waals surface area contributed by atoms with Gasteiger partial charge in [0.25, 0.3) is 11.8 Å². The van der Waals surface area contributed by atoms with Crippen LogP contribution < -0.4 is 16.0 Å². The summed E-state index contributed by atoms with van der Waals surface area (Å²) in [7, 11) is 0. The summed E-state index contributed by atoms with van der Waals surface area (Å²) in [6.07, 6.45) is 1.59. The lowest BCUT2D eigenvalue weighted by atomic mass is 10.0. The minimum Gasteiger partial charge on any atom is -0.325 e. The van der Waals surface area contributed by atoms with Gasteiger partial charge in [0.15, 0.2) is 0 Å². The van der Waals surface area contributed by atoms with Crippen molar-refractivity contribution in [3.05, 3.63) is 131 Å². The molecule has 0 heterocycles. The number of carbonyl (C=O) groups is 3. The van der Waals surface area contributed by atoms with E-state index < -0.39 is 11.8 Å². The quantitative estimate of drug-likeness (QED) is 0.128. The number of thioether (sulfide) groups is 1. The number of amides is 3. The van der Waals surface area contributed by atoms with Crippen LogP contribution in [-0.2, 0) is 9.59 Å². The Bertz CT molecular complexity index is 1570. The first kappa shape index (κ1) is 30.6. The zero-order valence-corrected chi connectivity index (χ0v) is 25.1. The molecule has 0 saturated heterocycles. The maximum absolute atomic E-state index is 13.4. The van der Waals surface area contributed by atoms with Crippen LogP contribution in [0.4, 0.5) is 11.4 Å². The second-order valence-electron chi connectivity index (χ2n) is 9.94. The van der Waals surface area contributed by atoms with Crippen molar-refractivity contribution in [2.75, 3.05) is 10.6 Å². The van der Waals surface area contributed by atoms with Gasteiger partial charge in [-0.25, -0.2) is 0 Å². The van der Waals surface area contributed by atoms with E-state index in [1.807, 2.05) is 43.3 Å². The van der Waals surface area contributed by atoms with Gasteiger partial charge in [0.1, 0.15) is 5.70 Å². The van der Waals surface area contributed by atoms with E-state index in [0.717, 1.165) is 10.6 Å². The van der Waals surface area contributed by atoms with E-state index in [0.29, 0.717) is 27.8 Å². The summed E-state index contributed by atoms with van der Waals surface area (Å²) in [5.74, 6) is -0.606. The molecule has 0 aliphatic carbocycles. The molecule has 0 spiro atoms. The molecule has 6 nitrogen and oxygen atoms in total. The van der Waals surface area contributed by atoms with Gasteiger partial charge in [0.2, 0.25) is 5.91 Å². The lowest BCUT2D eigenvalue weighted by Gasteiger charge is -2.14. The highest BCUT2D eigenvalue weighted by atomic mass is 35.5. The Kier molecular flexibility index (Phi) is 10.6. The van der Waals surface area contributed by atoms with E-state index >= 15 is 0 Å². The number of rotatable bonds is 10. The lowest BCUT2D eigenvalue weighted by Crippen LogP contribution is -2.30. The monoisotopic (exact) mass is 597 g/mol. The second-order valence-corrected chi connectivity index (χ2v) is 11.8. The van der Waals surface area contributed by atoms with Crippen LogP contribution in [0.25, 0.3) is 6.08 Å². The standard InChI is InChI=1S/C34H32ClN3O3S/c1-22(2)25-14-18-28(19-15-25)36-32(39)23(3)42-30-11-7-10-29(21-30)37-34(41)31(20-24-12-16-27(35)17-13-24)38-33(40)26-8-5-4-6-9-26/h4-23H,1-3H3,(H,36,39)(H,37,41)(H,38,40)/b31-20-. The first-order chi connectivity index (χ1) is 20.2. The Balaban J connectivity index is 1.45. The molecule has 3 amide bonds. The van der Waals surface area contributed by atoms with Gasteiger partial charge in [-0.15, -0.1) is 11.8 Å². The van der Waals surface area contributed by atoms with Crippen molar-refractivity contribution >= 4 is 58.5 Å². The first-order valence-corrected chi connectivity index (χ1v) is 14.8. The number of nitrogens with one attached hydrogen (secondary N) is 3. The fourth-order valence-electron chi connectivity index (χ4n) is 3.97. The highest BCUT2D eigenvalue weighted by molar-refractivity contribution is 8.00. The number of carbonyl (C=O) groups excluding carboxylic acids is 3. The largest absolute Gasteiger partial charge is 0.325 e. The Morgan fingerprint density at radius 3 is 2.12 bits per heavy atom. The van der Waals surface area contributed by atoms with Crippen LogP contribution in [0.5, 0.6) is 0 Å². The van der Waals surface area contributed by atoms with E-state index in [1.165, 1.54) is 17.3 Å². The molecule has 0 aliphatic rings. The van der Waals surface area contributed by atoms with Crippen molar-refractivity contribution in [3.8, 4) is 0 Å². The summed E-state index contributed by atoms with van der Waals surface area (Å²) in [5, 5.41) is 8.74. The SMILES string of the molecule is CC(Sc1cccc(NC(=O)/C(=C/c2ccc(Cl)cc2)NC(=O)c2ccccc2)c1)C(=O)Nc1ccc(C(C)C)cc1. The number of hydrogen-bond acceptors (Lipinski definition) is 4. The average molecular weight is 598 g/mol. The molecule has 214 valence electrons. The fourth-order valence-corrected chi connectivity index (χ4v) is 5.02. The summed E-state index contributed by atoms with van der Waals surface area (Å²) in [4.78, 5) is 39.9. The number of halogens is 1. The van der Waals surface area contributed by atoms with Crippen LogP contribution >= 0.6 is 23.4 Å². The van der Waals surface area contributed by atoms with Crippen molar-refractivity contribution < 1.29 is 14.4 Å². The van der Waals surface area contributed by atoms with Crippen molar-refractivity contribution in [1.82, 2.24) is 5.32 Å². The summed E-state index contributed by atoms with van der Waals surface area (Å²) in [6.45, 7) is 6.08. The summed E-state index contributed by atoms with van der Waals surface area (Å²) in [5.41, 5.74) is 3.67. The molecular weight excluding hydrogens is 566 g/mol. The normalized spacial score (nSPS) is 12.0. The third-order valence-corrected chi connectivity index (χ3v) is 7.67. The highest BCUT2D eigenvalue weighted by Crippen LogP contribution is 2.27. The molecule has 0 aromatic heterocycles. The fraction of sp³-hybridized carbons (Fsp3) is 0.147. The number of benzene rings is 4. The van der Waals surface area contributed by atoms with Gasteiger partial charge in [0.05, 0.1) is 5.25 Å². The second kappa shape index (κ2) is 14.5. The van der Waals surface area contributed by atoms with Crippen LogP contribution in [0, 0.1) is 0 Å². The summed E-state index contributed by atoms with van der Waals surface area (Å²) >= 11 is 7.39. The van der Waals surface area contributed by atoms with E-state index in [9.17, 15) is 14.4 Å². The Labute approximate surface area is 255 Å². The van der Waals surface area contributed by atoms with Gasteiger partial charge >= 0.3 is 0 Å². The molecule has 1 atom stereocenters. The Morgan fingerprint density at radius 1 is 0.762 bits per heavy atom. The number of anilines is 2. The zero-order chi connectivity index (χ0) is 30.1. The van der Waals surface area contributed by atoms with Gasteiger partial charge in [-0.3, -0.25) is 14.4 Å². The van der Waals surface area contributed by atoms with E-state index in [-0.39, 0.29) is 16.9 Å². The minimum atomic E-state index is -0.494. The van der Waals surface area contributed by atoms with Gasteiger partial charge < -0.3 is 16.0 Å². The molecule has 0 aliphatic heterocycles. The first-order valence-electron chi connectivity index (χ1n) is 13.5. The maximum atomic E-state index is 13.4. The molecule has 4 rings (SSSR count). The van der Waals surface area contributed by atoms with E-state index in [2.05, 4.69) is 29.8 Å². The predicted molar refractivity (Wildman–Crippen MR) is 173 cm³/mol. The summed E-state index contributed by atoms with van der Waals surface area (Å²) < 4.78 is 0. The van der Waals surface area contributed by atoms with Gasteiger partial charge in [-0.2, -0.15) is 0 Å². The zero-order valence-electron chi connectivity index (χ0n) is 23.6. The molecule has 0 saturated carbocycles. The van der Waals surface area contributed by atoms with E-state index in [4.69, 9.17) is 11.6 Å². The van der Waals surface area contributed by atoms with Crippen LogP contribution in [0.3, 0.4) is 0 Å².